The third-order valence-electron chi connectivity index (χ3n) is 2.02. The first-order valence-corrected chi connectivity index (χ1v) is 4.91. The topological polar surface area (TPSA) is 63.3 Å². The smallest absolute Gasteiger partial charge is 0.169 e. The fourth-order valence-electron chi connectivity index (χ4n) is 1.22. The van der Waals surface area contributed by atoms with Crippen LogP contribution < -0.4 is 11.2 Å². The minimum Gasteiger partial charge on any atom is -0.396 e. The molecule has 0 amide bonds. The lowest BCUT2D eigenvalue weighted by molar-refractivity contribution is 1.23. The summed E-state index contributed by atoms with van der Waals surface area (Å²) in [6.07, 6.45) is 3.38. The Labute approximate surface area is 93.8 Å². The van der Waals surface area contributed by atoms with Gasteiger partial charge in [-0.1, -0.05) is 30.3 Å². The quantitative estimate of drug-likeness (QED) is 0.605. The lowest BCUT2D eigenvalue weighted by Crippen LogP contribution is -1.98. The molecule has 0 aliphatic heterocycles. The molecule has 0 aliphatic rings. The van der Waals surface area contributed by atoms with Crippen molar-refractivity contribution in [2.45, 2.75) is 0 Å². The number of anilines is 2. The van der Waals surface area contributed by atoms with Crippen LogP contribution in [0.4, 0.5) is 11.5 Å². The van der Waals surface area contributed by atoms with Crippen LogP contribution in [0.15, 0.2) is 53.8 Å². The van der Waals surface area contributed by atoms with Crippen molar-refractivity contribution in [3.8, 4) is 0 Å². The monoisotopic (exact) mass is 212 g/mol. The molecule has 0 saturated carbocycles. The van der Waals surface area contributed by atoms with Crippen molar-refractivity contribution in [3.05, 3.63) is 54.2 Å². The van der Waals surface area contributed by atoms with Crippen LogP contribution in [0.1, 0.15) is 5.56 Å². The van der Waals surface area contributed by atoms with Crippen LogP contribution in [0.25, 0.3) is 0 Å². The highest BCUT2D eigenvalue weighted by Crippen LogP contribution is 2.12. The van der Waals surface area contributed by atoms with Crippen LogP contribution in [-0.4, -0.2) is 11.2 Å². The number of pyridine rings is 1. The average Bonchev–Trinajstić information content (AvgIpc) is 2.33. The van der Waals surface area contributed by atoms with Crippen molar-refractivity contribution in [2.75, 3.05) is 11.2 Å². The number of nitrogens with two attached hydrogens (primary N) is 1. The molecule has 0 atom stereocenters. The molecule has 0 saturated heterocycles. The fourth-order valence-corrected chi connectivity index (χ4v) is 1.22. The Morgan fingerprint density at radius 3 is 2.69 bits per heavy atom. The number of hydrogen-bond acceptors (Lipinski definition) is 4. The van der Waals surface area contributed by atoms with Gasteiger partial charge in [0.1, 0.15) is 0 Å². The highest BCUT2D eigenvalue weighted by Gasteiger charge is 1.94. The zero-order valence-electron chi connectivity index (χ0n) is 8.67. The second-order valence-corrected chi connectivity index (χ2v) is 3.22. The summed E-state index contributed by atoms with van der Waals surface area (Å²) in [5, 5.41) is 4.06. The molecule has 16 heavy (non-hydrogen) atoms. The highest BCUT2D eigenvalue weighted by atomic mass is 15.3. The average molecular weight is 212 g/mol. The molecule has 0 fully saturated rings. The van der Waals surface area contributed by atoms with Crippen LogP contribution in [-0.2, 0) is 0 Å². The van der Waals surface area contributed by atoms with Crippen molar-refractivity contribution in [2.24, 2.45) is 5.10 Å². The number of aromatic nitrogens is 1. The molecule has 0 bridgehead atoms. The van der Waals surface area contributed by atoms with Gasteiger partial charge in [0, 0.05) is 6.20 Å². The largest absolute Gasteiger partial charge is 0.396 e. The molecule has 0 spiro atoms. The minimum absolute atomic E-state index is 0.565. The Morgan fingerprint density at radius 2 is 1.94 bits per heavy atom. The van der Waals surface area contributed by atoms with E-state index in [9.17, 15) is 0 Å². The summed E-state index contributed by atoms with van der Waals surface area (Å²) in [7, 11) is 0. The molecule has 2 rings (SSSR count). The van der Waals surface area contributed by atoms with Crippen LogP contribution in [0.5, 0.6) is 0 Å². The lowest BCUT2D eigenvalue weighted by Gasteiger charge is -2.01. The number of rotatable bonds is 3. The van der Waals surface area contributed by atoms with Crippen molar-refractivity contribution in [1.29, 1.82) is 0 Å². The third-order valence-corrected chi connectivity index (χ3v) is 2.02. The van der Waals surface area contributed by atoms with Gasteiger partial charge < -0.3 is 5.73 Å². The van der Waals surface area contributed by atoms with Gasteiger partial charge in [0.05, 0.1) is 11.9 Å². The second-order valence-electron chi connectivity index (χ2n) is 3.22. The Bertz CT molecular complexity index is 479. The predicted molar refractivity (Wildman–Crippen MR) is 66.3 cm³/mol. The lowest BCUT2D eigenvalue weighted by atomic mass is 10.2. The number of nitrogens with zero attached hydrogens (tertiary/aromatic N) is 2. The Kier molecular flexibility index (Phi) is 3.13. The molecular weight excluding hydrogens is 200 g/mol. The maximum Gasteiger partial charge on any atom is 0.169 e. The van der Waals surface area contributed by atoms with E-state index in [-0.39, 0.29) is 0 Å². The number of hydrogen-bond donors (Lipinski definition) is 2. The zero-order chi connectivity index (χ0) is 11.2. The summed E-state index contributed by atoms with van der Waals surface area (Å²) in [5.41, 5.74) is 10.1. The van der Waals surface area contributed by atoms with Crippen LogP contribution in [0, 0.1) is 0 Å². The van der Waals surface area contributed by atoms with Crippen LogP contribution >= 0.6 is 0 Å². The van der Waals surface area contributed by atoms with Gasteiger partial charge in [0.2, 0.25) is 0 Å². The number of hydrazone groups is 1. The summed E-state index contributed by atoms with van der Waals surface area (Å²) >= 11 is 0. The van der Waals surface area contributed by atoms with Crippen molar-refractivity contribution in [3.63, 3.8) is 0 Å². The fraction of sp³-hybridized carbons (Fsp3) is 0. The first-order chi connectivity index (χ1) is 7.86. The summed E-state index contributed by atoms with van der Waals surface area (Å²) in [6.45, 7) is 0. The molecule has 0 radical (unpaired) electrons. The van der Waals surface area contributed by atoms with E-state index in [0.29, 0.717) is 11.5 Å². The normalized spacial score (nSPS) is 10.5. The Morgan fingerprint density at radius 1 is 1.12 bits per heavy atom. The van der Waals surface area contributed by atoms with Gasteiger partial charge in [-0.2, -0.15) is 5.10 Å². The predicted octanol–water partition coefficient (Wildman–Crippen LogP) is 2.11. The molecule has 1 aromatic carbocycles. The summed E-state index contributed by atoms with van der Waals surface area (Å²) in [5.74, 6) is 0.565. The summed E-state index contributed by atoms with van der Waals surface area (Å²) in [4.78, 5) is 4.06. The first-order valence-electron chi connectivity index (χ1n) is 4.91. The molecule has 1 aromatic heterocycles. The van der Waals surface area contributed by atoms with Gasteiger partial charge in [-0.25, -0.2) is 4.98 Å². The van der Waals surface area contributed by atoms with Gasteiger partial charge in [0.15, 0.2) is 5.82 Å². The second kappa shape index (κ2) is 4.93. The van der Waals surface area contributed by atoms with Gasteiger partial charge in [-0.3, -0.25) is 5.43 Å². The van der Waals surface area contributed by atoms with Gasteiger partial charge >= 0.3 is 0 Å². The van der Waals surface area contributed by atoms with Crippen LogP contribution in [0.2, 0.25) is 0 Å². The Hall–Kier alpha value is -2.36. The van der Waals surface area contributed by atoms with E-state index in [1.807, 2.05) is 30.3 Å². The number of nitrogen functional groups attached to an aromatic ring is 1. The summed E-state index contributed by atoms with van der Waals surface area (Å²) in [6, 6.07) is 13.4. The molecule has 0 unspecified atom stereocenters. The molecule has 1 heterocycles. The number of nitrogens with one attached hydrogen (secondary N) is 1. The maximum atomic E-state index is 5.70. The molecule has 2 aromatic rings. The standard InChI is InChI=1S/C12H12N4/c13-11-7-4-8-14-12(11)16-15-9-10-5-2-1-3-6-10/h1-9H,13H2,(H,14,16)/b15-9+. The molecular formula is C12H12N4. The summed E-state index contributed by atoms with van der Waals surface area (Å²) < 4.78 is 0. The van der Waals surface area contributed by atoms with E-state index in [2.05, 4.69) is 15.5 Å². The van der Waals surface area contributed by atoms with Crippen LogP contribution in [0.3, 0.4) is 0 Å². The molecule has 3 N–H and O–H groups in total. The molecule has 4 heteroatoms. The zero-order valence-corrected chi connectivity index (χ0v) is 8.67. The van der Waals surface area contributed by atoms with Crippen molar-refractivity contribution in [1.82, 2.24) is 4.98 Å². The third kappa shape index (κ3) is 2.57. The molecule has 4 nitrogen and oxygen atoms in total. The SMILES string of the molecule is Nc1cccnc1N/N=C/c1ccccc1. The first kappa shape index (κ1) is 10.2. The van der Waals surface area contributed by atoms with Crippen molar-refractivity contribution >= 4 is 17.7 Å². The van der Waals surface area contributed by atoms with E-state index in [1.165, 1.54) is 0 Å². The van der Waals surface area contributed by atoms with E-state index in [4.69, 9.17) is 5.73 Å². The Balaban J connectivity index is 2.03. The molecule has 0 aliphatic carbocycles. The highest BCUT2D eigenvalue weighted by molar-refractivity contribution is 5.80. The van der Waals surface area contributed by atoms with E-state index in [0.717, 1.165) is 5.56 Å². The molecule has 80 valence electrons. The number of benzene rings is 1. The van der Waals surface area contributed by atoms with E-state index >= 15 is 0 Å². The minimum atomic E-state index is 0.565. The van der Waals surface area contributed by atoms with Gasteiger partial charge in [0.25, 0.3) is 0 Å². The van der Waals surface area contributed by atoms with E-state index < -0.39 is 0 Å². The maximum absolute atomic E-state index is 5.70. The van der Waals surface area contributed by atoms with Gasteiger partial charge in [-0.05, 0) is 17.7 Å². The van der Waals surface area contributed by atoms with E-state index in [1.54, 1.807) is 24.5 Å². The van der Waals surface area contributed by atoms with Gasteiger partial charge in [-0.15, -0.1) is 0 Å². The van der Waals surface area contributed by atoms with Crippen molar-refractivity contribution < 1.29 is 0 Å².